The first-order valence-corrected chi connectivity index (χ1v) is 12.7. The fraction of sp³-hybridized carbons (Fsp3) is 0.250. The Kier molecular flexibility index (Phi) is 5.02. The molecule has 1 saturated carbocycles. The normalized spacial score (nSPS) is 15.5. The van der Waals surface area contributed by atoms with E-state index in [0.717, 1.165) is 77.6 Å². The fourth-order valence-electron chi connectivity index (χ4n) is 5.08. The van der Waals surface area contributed by atoms with Gasteiger partial charge in [0.15, 0.2) is 5.65 Å². The number of pyridine rings is 2. The molecule has 3 N–H and O–H groups in total. The highest BCUT2D eigenvalue weighted by molar-refractivity contribution is 6.08. The van der Waals surface area contributed by atoms with Gasteiger partial charge in [-0.25, -0.2) is 4.98 Å². The molecular formula is C28H25N7O2. The maximum absolute atomic E-state index is 13.2. The summed E-state index contributed by atoms with van der Waals surface area (Å²) >= 11 is 0. The van der Waals surface area contributed by atoms with Gasteiger partial charge in [-0.1, -0.05) is 6.07 Å². The molecule has 7 rings (SSSR count). The third kappa shape index (κ3) is 3.92. The van der Waals surface area contributed by atoms with Crippen molar-refractivity contribution in [2.75, 3.05) is 18.4 Å². The number of aromatic nitrogens is 5. The number of hydrogen-bond acceptors (Lipinski definition) is 5. The molecule has 5 aromatic rings. The van der Waals surface area contributed by atoms with E-state index in [9.17, 15) is 9.59 Å². The average molecular weight is 492 g/mol. The van der Waals surface area contributed by atoms with Gasteiger partial charge in [-0.3, -0.25) is 19.7 Å². The van der Waals surface area contributed by atoms with Crippen LogP contribution in [0.1, 0.15) is 36.0 Å². The van der Waals surface area contributed by atoms with E-state index in [2.05, 4.69) is 30.5 Å². The Labute approximate surface area is 212 Å². The number of likely N-dealkylation sites (tertiary alicyclic amines) is 1. The van der Waals surface area contributed by atoms with Gasteiger partial charge in [0.05, 0.1) is 17.6 Å². The molecule has 1 aromatic carbocycles. The number of rotatable bonds is 5. The number of aromatic amines is 2. The molecule has 0 atom stereocenters. The summed E-state index contributed by atoms with van der Waals surface area (Å²) < 4.78 is 0. The van der Waals surface area contributed by atoms with Crippen molar-refractivity contribution in [1.82, 2.24) is 30.0 Å². The maximum atomic E-state index is 13.2. The molecule has 2 amide bonds. The summed E-state index contributed by atoms with van der Waals surface area (Å²) in [7, 11) is 0. The quantitative estimate of drug-likeness (QED) is 0.328. The largest absolute Gasteiger partial charge is 0.353 e. The highest BCUT2D eigenvalue weighted by Gasteiger charge is 2.29. The Bertz CT molecular complexity index is 1670. The van der Waals surface area contributed by atoms with Crippen LogP contribution in [0, 0.1) is 5.92 Å². The zero-order chi connectivity index (χ0) is 24.9. The lowest BCUT2D eigenvalue weighted by molar-refractivity contribution is -0.117. The van der Waals surface area contributed by atoms with Gasteiger partial charge < -0.3 is 15.2 Å². The van der Waals surface area contributed by atoms with Gasteiger partial charge in [-0.15, -0.1) is 0 Å². The molecule has 0 bridgehead atoms. The van der Waals surface area contributed by atoms with Gasteiger partial charge >= 0.3 is 0 Å². The fourth-order valence-corrected chi connectivity index (χ4v) is 5.08. The van der Waals surface area contributed by atoms with Crippen molar-refractivity contribution in [2.24, 2.45) is 5.92 Å². The van der Waals surface area contributed by atoms with E-state index < -0.39 is 0 Å². The molecule has 2 aliphatic rings. The molecule has 1 aliphatic carbocycles. The number of fused-ring (bicyclic) bond motifs is 2. The molecule has 5 heterocycles. The van der Waals surface area contributed by atoms with E-state index >= 15 is 0 Å². The van der Waals surface area contributed by atoms with Crippen LogP contribution < -0.4 is 5.32 Å². The topological polar surface area (TPSA) is 120 Å². The predicted octanol–water partition coefficient (Wildman–Crippen LogP) is 4.75. The van der Waals surface area contributed by atoms with Gasteiger partial charge in [0, 0.05) is 64.4 Å². The number of amides is 2. The molecule has 9 nitrogen and oxygen atoms in total. The molecule has 4 aromatic heterocycles. The van der Waals surface area contributed by atoms with Crippen LogP contribution in [0.3, 0.4) is 0 Å². The lowest BCUT2D eigenvalue weighted by Gasteiger charge is -2.15. The summed E-state index contributed by atoms with van der Waals surface area (Å²) in [6.07, 6.45) is 9.19. The van der Waals surface area contributed by atoms with Crippen LogP contribution in [0.2, 0.25) is 0 Å². The lowest BCUT2D eigenvalue weighted by atomic mass is 10.1. The zero-order valence-electron chi connectivity index (χ0n) is 20.1. The number of nitrogens with zero attached hydrogens (tertiary/aromatic N) is 4. The van der Waals surface area contributed by atoms with Crippen molar-refractivity contribution in [1.29, 1.82) is 0 Å². The molecule has 9 heteroatoms. The number of H-pyrrole nitrogens is 2. The van der Waals surface area contributed by atoms with Crippen LogP contribution in [0.5, 0.6) is 0 Å². The number of anilines is 1. The average Bonchev–Trinajstić information content (AvgIpc) is 3.29. The SMILES string of the molecule is O=C(Nc1cncc(-c2cnc3[nH]nc(-c4cc5c(C(=O)N6CCCC6)cccc5[nH]4)c3c2)c1)C1CC1. The van der Waals surface area contributed by atoms with Crippen LogP contribution in [0.4, 0.5) is 5.69 Å². The summed E-state index contributed by atoms with van der Waals surface area (Å²) in [5, 5.41) is 12.3. The summed E-state index contributed by atoms with van der Waals surface area (Å²) in [5.41, 5.74) is 6.19. The monoisotopic (exact) mass is 491 g/mol. The maximum Gasteiger partial charge on any atom is 0.254 e. The minimum Gasteiger partial charge on any atom is -0.353 e. The van der Waals surface area contributed by atoms with Crippen molar-refractivity contribution >= 4 is 39.4 Å². The lowest BCUT2D eigenvalue weighted by Crippen LogP contribution is -2.27. The van der Waals surface area contributed by atoms with E-state index in [1.54, 1.807) is 18.6 Å². The zero-order valence-corrected chi connectivity index (χ0v) is 20.1. The molecule has 1 aliphatic heterocycles. The second kappa shape index (κ2) is 8.55. The van der Waals surface area contributed by atoms with Gasteiger partial charge in [-0.2, -0.15) is 5.10 Å². The standard InChI is InChI=1S/C28H25N7O2/c36-27(16-6-7-16)31-19-10-17(13-29-15-19)18-11-22-25(33-34-26(22)30-14-18)24-12-21-20(4-3-5-23(21)32-24)28(37)35-8-1-2-9-35/h3-5,10-16,32H,1-2,6-9H2,(H,31,36)(H,30,33,34). The molecule has 2 fully saturated rings. The summed E-state index contributed by atoms with van der Waals surface area (Å²) in [4.78, 5) is 39.6. The van der Waals surface area contributed by atoms with E-state index in [1.807, 2.05) is 41.3 Å². The Hall–Kier alpha value is -4.53. The summed E-state index contributed by atoms with van der Waals surface area (Å²) in [6.45, 7) is 1.62. The molecule has 0 spiro atoms. The van der Waals surface area contributed by atoms with Crippen molar-refractivity contribution in [3.8, 4) is 22.5 Å². The number of carbonyl (C=O) groups excluding carboxylic acids is 2. The first kappa shape index (κ1) is 21.7. The van der Waals surface area contributed by atoms with Gasteiger partial charge in [0.1, 0.15) is 5.69 Å². The first-order chi connectivity index (χ1) is 18.1. The van der Waals surface area contributed by atoms with Gasteiger partial charge in [-0.05, 0) is 56.0 Å². The van der Waals surface area contributed by atoms with Crippen molar-refractivity contribution in [3.63, 3.8) is 0 Å². The van der Waals surface area contributed by atoms with Crippen molar-refractivity contribution in [2.45, 2.75) is 25.7 Å². The van der Waals surface area contributed by atoms with Crippen LogP contribution in [0.15, 0.2) is 55.0 Å². The number of nitrogens with one attached hydrogen (secondary N) is 3. The molecule has 0 radical (unpaired) electrons. The van der Waals surface area contributed by atoms with Crippen LogP contribution in [-0.2, 0) is 4.79 Å². The third-order valence-electron chi connectivity index (χ3n) is 7.25. The second-order valence-corrected chi connectivity index (χ2v) is 9.87. The Balaban J connectivity index is 1.25. The molecule has 37 heavy (non-hydrogen) atoms. The van der Waals surface area contributed by atoms with Gasteiger partial charge in [0.2, 0.25) is 5.91 Å². The molecule has 1 saturated heterocycles. The predicted molar refractivity (Wildman–Crippen MR) is 141 cm³/mol. The Morgan fingerprint density at radius 2 is 1.81 bits per heavy atom. The van der Waals surface area contributed by atoms with Crippen LogP contribution in [-0.4, -0.2) is 55.0 Å². The first-order valence-electron chi connectivity index (χ1n) is 12.7. The third-order valence-corrected chi connectivity index (χ3v) is 7.25. The number of benzene rings is 1. The van der Waals surface area contributed by atoms with E-state index in [4.69, 9.17) is 0 Å². The second-order valence-electron chi connectivity index (χ2n) is 9.87. The summed E-state index contributed by atoms with van der Waals surface area (Å²) in [5.74, 6) is 0.245. The highest BCUT2D eigenvalue weighted by atomic mass is 16.2. The molecule has 184 valence electrons. The van der Waals surface area contributed by atoms with Crippen LogP contribution >= 0.6 is 0 Å². The van der Waals surface area contributed by atoms with E-state index in [1.165, 1.54) is 0 Å². The van der Waals surface area contributed by atoms with Crippen molar-refractivity contribution < 1.29 is 9.59 Å². The van der Waals surface area contributed by atoms with Crippen LogP contribution in [0.25, 0.3) is 44.5 Å². The minimum absolute atomic E-state index is 0.0473. The van der Waals surface area contributed by atoms with Gasteiger partial charge in [0.25, 0.3) is 5.91 Å². The van der Waals surface area contributed by atoms with E-state index in [-0.39, 0.29) is 17.7 Å². The Morgan fingerprint density at radius 1 is 0.973 bits per heavy atom. The Morgan fingerprint density at radius 3 is 2.65 bits per heavy atom. The van der Waals surface area contributed by atoms with Crippen molar-refractivity contribution in [3.05, 3.63) is 60.6 Å². The minimum atomic E-state index is 0.0473. The molecule has 0 unspecified atom stereocenters. The van der Waals surface area contributed by atoms with E-state index in [0.29, 0.717) is 16.9 Å². The smallest absolute Gasteiger partial charge is 0.254 e. The number of hydrogen-bond donors (Lipinski definition) is 3. The molecular weight excluding hydrogens is 466 g/mol. The highest BCUT2D eigenvalue weighted by Crippen LogP contribution is 2.33. The number of carbonyl (C=O) groups is 2. The summed E-state index contributed by atoms with van der Waals surface area (Å²) in [6, 6.07) is 11.7.